The molecule has 3 heterocycles. The Kier molecular flexibility index (Phi) is 4.98. The maximum absolute atomic E-state index is 13.1. The molecule has 0 aliphatic carbocycles. The lowest BCUT2D eigenvalue weighted by atomic mass is 9.82. The number of carboxylic acid groups (broad SMARTS) is 1. The number of carboxylic acids is 1. The number of halogens is 1. The van der Waals surface area contributed by atoms with Gasteiger partial charge < -0.3 is 14.6 Å². The van der Waals surface area contributed by atoms with Crippen molar-refractivity contribution in [1.82, 2.24) is 9.47 Å². The first-order valence-corrected chi connectivity index (χ1v) is 9.79. The van der Waals surface area contributed by atoms with Crippen LogP contribution in [0, 0.1) is 5.92 Å². The molecule has 0 saturated carbocycles. The SMILES string of the molecule is O=C(O)CCC(=O)N1C[C@H]2C[C@H](C1)c1ccc(-c3ccc(Cl)cc3)c(=O)n1C2. The minimum atomic E-state index is -0.961. The quantitative estimate of drug-likeness (QED) is 0.855. The Bertz CT molecular complexity index is 983. The van der Waals surface area contributed by atoms with E-state index in [1.54, 1.807) is 17.0 Å². The highest BCUT2D eigenvalue weighted by Crippen LogP contribution is 2.36. The minimum absolute atomic E-state index is 0.0137. The van der Waals surface area contributed by atoms with Crippen molar-refractivity contribution in [3.63, 3.8) is 0 Å². The van der Waals surface area contributed by atoms with Gasteiger partial charge in [0.05, 0.1) is 6.42 Å². The number of piperidine rings is 1. The van der Waals surface area contributed by atoms with Crippen molar-refractivity contribution in [2.45, 2.75) is 31.7 Å². The van der Waals surface area contributed by atoms with E-state index in [2.05, 4.69) is 0 Å². The molecule has 0 unspecified atom stereocenters. The summed E-state index contributed by atoms with van der Waals surface area (Å²) in [6, 6.07) is 11.1. The van der Waals surface area contributed by atoms with Gasteiger partial charge in [-0.25, -0.2) is 0 Å². The van der Waals surface area contributed by atoms with Crippen LogP contribution in [-0.4, -0.2) is 39.5 Å². The molecule has 4 rings (SSSR count). The van der Waals surface area contributed by atoms with Gasteiger partial charge in [0.1, 0.15) is 0 Å². The summed E-state index contributed by atoms with van der Waals surface area (Å²) in [4.78, 5) is 38.0. The van der Waals surface area contributed by atoms with E-state index in [4.69, 9.17) is 16.7 Å². The molecule has 7 heteroatoms. The fourth-order valence-corrected chi connectivity index (χ4v) is 4.50. The summed E-state index contributed by atoms with van der Waals surface area (Å²) in [5.41, 5.74) is 2.43. The molecule has 2 atom stereocenters. The van der Waals surface area contributed by atoms with E-state index in [1.165, 1.54) is 0 Å². The molecule has 2 aromatic rings. The smallest absolute Gasteiger partial charge is 0.303 e. The number of carbonyl (C=O) groups excluding carboxylic acids is 1. The Balaban J connectivity index is 1.60. The Labute approximate surface area is 167 Å². The standard InChI is InChI=1S/C21H21ClN2O4/c22-16-3-1-14(2-4-16)17-5-6-18-15-9-13(11-24(18)21(17)28)10-23(12-15)19(25)7-8-20(26)27/h1-6,13,15H,7-12H2,(H,26,27)/t13-,15-/m1/s1. The molecule has 1 N–H and O–H groups in total. The number of aromatic nitrogens is 1. The third kappa shape index (κ3) is 3.56. The van der Waals surface area contributed by atoms with Crippen LogP contribution >= 0.6 is 11.6 Å². The second kappa shape index (κ2) is 7.43. The van der Waals surface area contributed by atoms with Crippen LogP contribution in [0.3, 0.4) is 0 Å². The van der Waals surface area contributed by atoms with Crippen LogP contribution in [0.15, 0.2) is 41.2 Å². The van der Waals surface area contributed by atoms with Crippen molar-refractivity contribution in [2.24, 2.45) is 5.92 Å². The van der Waals surface area contributed by atoms with E-state index in [0.29, 0.717) is 30.2 Å². The Morgan fingerprint density at radius 2 is 1.79 bits per heavy atom. The summed E-state index contributed by atoms with van der Waals surface area (Å²) in [6.45, 7) is 1.69. The highest BCUT2D eigenvalue weighted by molar-refractivity contribution is 6.30. The van der Waals surface area contributed by atoms with Crippen LogP contribution in [0.25, 0.3) is 11.1 Å². The number of hydrogen-bond donors (Lipinski definition) is 1. The van der Waals surface area contributed by atoms with Gasteiger partial charge in [0.15, 0.2) is 0 Å². The van der Waals surface area contributed by atoms with Gasteiger partial charge in [0.2, 0.25) is 5.91 Å². The molecule has 2 aliphatic rings. The van der Waals surface area contributed by atoms with Gasteiger partial charge in [-0.2, -0.15) is 0 Å². The maximum Gasteiger partial charge on any atom is 0.303 e. The average Bonchev–Trinajstić information content (AvgIpc) is 2.67. The summed E-state index contributed by atoms with van der Waals surface area (Å²) in [5.74, 6) is -0.769. The van der Waals surface area contributed by atoms with Crippen LogP contribution in [-0.2, 0) is 16.1 Å². The topological polar surface area (TPSA) is 79.6 Å². The number of fused-ring (bicyclic) bond motifs is 4. The van der Waals surface area contributed by atoms with E-state index in [0.717, 1.165) is 17.7 Å². The number of benzene rings is 1. The summed E-state index contributed by atoms with van der Waals surface area (Å²) < 4.78 is 1.85. The van der Waals surface area contributed by atoms with Crippen LogP contribution in [0.5, 0.6) is 0 Å². The third-order valence-corrected chi connectivity index (χ3v) is 5.92. The number of hydrogen-bond acceptors (Lipinski definition) is 3. The fraction of sp³-hybridized carbons (Fsp3) is 0.381. The molecule has 1 aromatic carbocycles. The summed E-state index contributed by atoms with van der Waals surface area (Å²) in [7, 11) is 0. The van der Waals surface area contributed by atoms with Crippen LogP contribution in [0.2, 0.25) is 5.02 Å². The first-order valence-electron chi connectivity index (χ1n) is 9.41. The van der Waals surface area contributed by atoms with Gasteiger partial charge in [0, 0.05) is 48.3 Å². The highest BCUT2D eigenvalue weighted by Gasteiger charge is 2.36. The van der Waals surface area contributed by atoms with Crippen LogP contribution < -0.4 is 5.56 Å². The number of carbonyl (C=O) groups is 2. The lowest BCUT2D eigenvalue weighted by molar-refractivity contribution is -0.141. The molecule has 6 nitrogen and oxygen atoms in total. The van der Waals surface area contributed by atoms with Crippen molar-refractivity contribution in [1.29, 1.82) is 0 Å². The molecule has 1 amide bonds. The second-order valence-electron chi connectivity index (χ2n) is 7.59. The number of aliphatic carboxylic acids is 1. The third-order valence-electron chi connectivity index (χ3n) is 5.66. The van der Waals surface area contributed by atoms with Gasteiger partial charge in [0.25, 0.3) is 5.56 Å². The fourth-order valence-electron chi connectivity index (χ4n) is 4.37. The zero-order chi connectivity index (χ0) is 19.8. The second-order valence-corrected chi connectivity index (χ2v) is 8.02. The van der Waals surface area contributed by atoms with Crippen molar-refractivity contribution in [3.8, 4) is 11.1 Å². The maximum atomic E-state index is 13.1. The highest BCUT2D eigenvalue weighted by atomic mass is 35.5. The van der Waals surface area contributed by atoms with E-state index in [-0.39, 0.29) is 36.1 Å². The molecular formula is C21H21ClN2O4. The molecule has 1 saturated heterocycles. The minimum Gasteiger partial charge on any atom is -0.481 e. The van der Waals surface area contributed by atoms with E-state index < -0.39 is 5.97 Å². The summed E-state index contributed by atoms with van der Waals surface area (Å²) in [5, 5.41) is 9.43. The van der Waals surface area contributed by atoms with E-state index in [1.807, 2.05) is 28.8 Å². The molecule has 2 aliphatic heterocycles. The predicted octanol–water partition coefficient (Wildman–Crippen LogP) is 2.98. The largest absolute Gasteiger partial charge is 0.481 e. The normalized spacial score (nSPS) is 20.5. The predicted molar refractivity (Wildman–Crippen MR) is 105 cm³/mol. The van der Waals surface area contributed by atoms with Gasteiger partial charge in [-0.05, 0) is 42.2 Å². The monoisotopic (exact) mass is 400 g/mol. The molecule has 0 spiro atoms. The number of nitrogens with zero attached hydrogens (tertiary/aromatic N) is 2. The molecular weight excluding hydrogens is 380 g/mol. The first kappa shape index (κ1) is 18.7. The summed E-state index contributed by atoms with van der Waals surface area (Å²) in [6.07, 6.45) is 0.824. The lowest BCUT2D eigenvalue weighted by Gasteiger charge is -2.43. The lowest BCUT2D eigenvalue weighted by Crippen LogP contribution is -2.49. The Hall–Kier alpha value is -2.60. The number of likely N-dealkylation sites (tertiary alicyclic amines) is 1. The molecule has 1 aromatic heterocycles. The van der Waals surface area contributed by atoms with Crippen molar-refractivity contribution in [3.05, 3.63) is 57.5 Å². The zero-order valence-electron chi connectivity index (χ0n) is 15.3. The van der Waals surface area contributed by atoms with Crippen molar-refractivity contribution >= 4 is 23.5 Å². The van der Waals surface area contributed by atoms with Crippen molar-refractivity contribution in [2.75, 3.05) is 13.1 Å². The van der Waals surface area contributed by atoms with E-state index >= 15 is 0 Å². The molecule has 146 valence electrons. The zero-order valence-corrected chi connectivity index (χ0v) is 16.1. The molecule has 1 fully saturated rings. The van der Waals surface area contributed by atoms with Crippen molar-refractivity contribution < 1.29 is 14.7 Å². The van der Waals surface area contributed by atoms with Gasteiger partial charge in [-0.3, -0.25) is 14.4 Å². The average molecular weight is 401 g/mol. The first-order chi connectivity index (χ1) is 13.4. The van der Waals surface area contributed by atoms with Gasteiger partial charge in [-0.15, -0.1) is 0 Å². The van der Waals surface area contributed by atoms with E-state index in [9.17, 15) is 14.4 Å². The number of pyridine rings is 1. The summed E-state index contributed by atoms with van der Waals surface area (Å²) >= 11 is 5.95. The Morgan fingerprint density at radius 1 is 1.04 bits per heavy atom. The van der Waals surface area contributed by atoms with Crippen LogP contribution in [0.4, 0.5) is 0 Å². The number of rotatable bonds is 4. The molecule has 2 bridgehead atoms. The van der Waals surface area contributed by atoms with Crippen LogP contribution in [0.1, 0.15) is 30.9 Å². The Morgan fingerprint density at radius 3 is 2.50 bits per heavy atom. The molecule has 0 radical (unpaired) electrons. The van der Waals surface area contributed by atoms with Gasteiger partial charge in [-0.1, -0.05) is 23.7 Å². The molecule has 28 heavy (non-hydrogen) atoms. The van der Waals surface area contributed by atoms with Gasteiger partial charge >= 0.3 is 5.97 Å². The number of amides is 1.